The number of rotatable bonds is 5. The van der Waals surface area contributed by atoms with Crippen molar-refractivity contribution in [1.82, 2.24) is 4.90 Å². The second kappa shape index (κ2) is 6.38. The molecule has 0 amide bonds. The van der Waals surface area contributed by atoms with E-state index in [1.165, 1.54) is 12.8 Å². The molecule has 2 atom stereocenters. The van der Waals surface area contributed by atoms with Crippen LogP contribution in [-0.2, 0) is 4.74 Å². The molecular weight excluding hydrogens is 176 g/mol. The predicted octanol–water partition coefficient (Wildman–Crippen LogP) is 1.08. The molecule has 1 heterocycles. The minimum absolute atomic E-state index is 0.702. The number of nitrogens with two attached hydrogens (primary N) is 1. The zero-order valence-corrected chi connectivity index (χ0v) is 9.54. The Balaban J connectivity index is 2.25. The van der Waals surface area contributed by atoms with E-state index >= 15 is 0 Å². The van der Waals surface area contributed by atoms with Crippen LogP contribution >= 0.6 is 0 Å². The quantitative estimate of drug-likeness (QED) is 0.675. The summed E-state index contributed by atoms with van der Waals surface area (Å²) >= 11 is 0. The molecule has 0 radical (unpaired) electrons. The Bertz CT molecular complexity index is 152. The Morgan fingerprint density at radius 3 is 2.86 bits per heavy atom. The van der Waals surface area contributed by atoms with Crippen molar-refractivity contribution in [3.05, 3.63) is 0 Å². The van der Waals surface area contributed by atoms with E-state index in [0.717, 1.165) is 32.8 Å². The lowest BCUT2D eigenvalue weighted by molar-refractivity contribution is 0.0661. The lowest BCUT2D eigenvalue weighted by Gasteiger charge is -2.37. The molecule has 1 aliphatic rings. The highest BCUT2D eigenvalue weighted by atomic mass is 16.5. The van der Waals surface area contributed by atoms with E-state index in [-0.39, 0.29) is 0 Å². The lowest BCUT2D eigenvalue weighted by Crippen LogP contribution is -2.45. The van der Waals surface area contributed by atoms with Crippen LogP contribution in [0.2, 0.25) is 0 Å². The first kappa shape index (κ1) is 12.0. The fourth-order valence-corrected chi connectivity index (χ4v) is 2.09. The fourth-order valence-electron chi connectivity index (χ4n) is 2.09. The van der Waals surface area contributed by atoms with Gasteiger partial charge in [-0.25, -0.2) is 0 Å². The summed E-state index contributed by atoms with van der Waals surface area (Å²) in [6.07, 6.45) is 2.58. The van der Waals surface area contributed by atoms with E-state index in [1.807, 2.05) is 6.92 Å². The van der Waals surface area contributed by atoms with Crippen molar-refractivity contribution >= 4 is 0 Å². The molecule has 84 valence electrons. The van der Waals surface area contributed by atoms with E-state index < -0.39 is 0 Å². The third-order valence-electron chi connectivity index (χ3n) is 3.17. The van der Waals surface area contributed by atoms with Gasteiger partial charge >= 0.3 is 0 Å². The minimum atomic E-state index is 0.702. The van der Waals surface area contributed by atoms with Gasteiger partial charge in [0.2, 0.25) is 0 Å². The average Bonchev–Trinajstić information content (AvgIpc) is 2.21. The highest BCUT2D eigenvalue weighted by Crippen LogP contribution is 2.20. The van der Waals surface area contributed by atoms with E-state index in [4.69, 9.17) is 10.5 Å². The minimum Gasteiger partial charge on any atom is -0.380 e. The van der Waals surface area contributed by atoms with Crippen LogP contribution in [0.25, 0.3) is 0 Å². The van der Waals surface area contributed by atoms with Gasteiger partial charge in [-0.1, -0.05) is 0 Å². The maximum absolute atomic E-state index is 5.71. The Labute approximate surface area is 87.6 Å². The second-order valence-electron chi connectivity index (χ2n) is 4.22. The van der Waals surface area contributed by atoms with E-state index in [1.54, 1.807) is 0 Å². The van der Waals surface area contributed by atoms with Gasteiger partial charge in [0.1, 0.15) is 0 Å². The first-order valence-corrected chi connectivity index (χ1v) is 5.79. The molecule has 0 bridgehead atoms. The third kappa shape index (κ3) is 3.56. The van der Waals surface area contributed by atoms with Gasteiger partial charge in [-0.15, -0.1) is 0 Å². The zero-order chi connectivity index (χ0) is 10.4. The predicted molar refractivity (Wildman–Crippen MR) is 59.3 cm³/mol. The molecule has 3 heteroatoms. The maximum atomic E-state index is 5.71. The topological polar surface area (TPSA) is 38.5 Å². The van der Waals surface area contributed by atoms with Gasteiger partial charge in [0.15, 0.2) is 0 Å². The van der Waals surface area contributed by atoms with Crippen LogP contribution in [-0.4, -0.2) is 43.8 Å². The van der Waals surface area contributed by atoms with Gasteiger partial charge in [-0.05, 0) is 39.2 Å². The summed E-state index contributed by atoms with van der Waals surface area (Å²) in [6.45, 7) is 9.08. The molecule has 2 N–H and O–H groups in total. The largest absolute Gasteiger partial charge is 0.380 e. The van der Waals surface area contributed by atoms with Crippen LogP contribution in [0.15, 0.2) is 0 Å². The van der Waals surface area contributed by atoms with Crippen molar-refractivity contribution in [1.29, 1.82) is 0 Å². The Kier molecular flexibility index (Phi) is 5.45. The van der Waals surface area contributed by atoms with E-state index in [2.05, 4.69) is 11.8 Å². The van der Waals surface area contributed by atoms with E-state index in [0.29, 0.717) is 12.0 Å². The number of hydrogen-bond donors (Lipinski definition) is 1. The summed E-state index contributed by atoms with van der Waals surface area (Å²) in [5.41, 5.74) is 5.71. The number of likely N-dealkylation sites (tertiary alicyclic amines) is 1. The molecule has 1 aliphatic heterocycles. The standard InChI is InChI=1S/C11H24N2O/c1-3-14-7-6-13-9-11(8-12)5-4-10(13)2/h10-11H,3-9,12H2,1-2H3. The summed E-state index contributed by atoms with van der Waals surface area (Å²) < 4.78 is 5.38. The summed E-state index contributed by atoms with van der Waals surface area (Å²) in [7, 11) is 0. The Hall–Kier alpha value is -0.120. The van der Waals surface area contributed by atoms with Crippen LogP contribution < -0.4 is 5.73 Å². The van der Waals surface area contributed by atoms with Crippen molar-refractivity contribution in [2.75, 3.05) is 32.8 Å². The molecule has 0 aromatic carbocycles. The molecule has 1 rings (SSSR count). The molecule has 0 spiro atoms. The first-order chi connectivity index (χ1) is 6.77. The number of piperidine rings is 1. The van der Waals surface area contributed by atoms with Crippen LogP contribution in [0.4, 0.5) is 0 Å². The first-order valence-electron chi connectivity index (χ1n) is 5.79. The van der Waals surface area contributed by atoms with E-state index in [9.17, 15) is 0 Å². The average molecular weight is 200 g/mol. The monoisotopic (exact) mass is 200 g/mol. The van der Waals surface area contributed by atoms with Crippen molar-refractivity contribution in [3.63, 3.8) is 0 Å². The summed E-state index contributed by atoms with van der Waals surface area (Å²) in [4.78, 5) is 2.51. The SMILES string of the molecule is CCOCCN1CC(CN)CCC1C. The molecule has 0 aromatic rings. The summed E-state index contributed by atoms with van der Waals surface area (Å²) in [5.74, 6) is 0.702. The Morgan fingerprint density at radius 2 is 2.21 bits per heavy atom. The fraction of sp³-hybridized carbons (Fsp3) is 1.00. The van der Waals surface area contributed by atoms with Crippen molar-refractivity contribution in [2.45, 2.75) is 32.7 Å². The number of hydrogen-bond acceptors (Lipinski definition) is 3. The van der Waals surface area contributed by atoms with Gasteiger partial charge in [0.25, 0.3) is 0 Å². The van der Waals surface area contributed by atoms with Gasteiger partial charge in [-0.3, -0.25) is 4.90 Å². The normalized spacial score (nSPS) is 29.4. The van der Waals surface area contributed by atoms with Crippen LogP contribution in [0.5, 0.6) is 0 Å². The lowest BCUT2D eigenvalue weighted by atomic mass is 9.94. The van der Waals surface area contributed by atoms with Gasteiger partial charge in [0, 0.05) is 25.7 Å². The summed E-state index contributed by atoms with van der Waals surface area (Å²) in [5, 5.41) is 0. The van der Waals surface area contributed by atoms with Crippen LogP contribution in [0.1, 0.15) is 26.7 Å². The van der Waals surface area contributed by atoms with Gasteiger partial charge < -0.3 is 10.5 Å². The van der Waals surface area contributed by atoms with Gasteiger partial charge in [0.05, 0.1) is 6.61 Å². The molecule has 0 saturated carbocycles. The number of ether oxygens (including phenoxy) is 1. The highest BCUT2D eigenvalue weighted by Gasteiger charge is 2.23. The molecule has 3 nitrogen and oxygen atoms in total. The van der Waals surface area contributed by atoms with Crippen molar-refractivity contribution in [3.8, 4) is 0 Å². The van der Waals surface area contributed by atoms with Crippen LogP contribution in [0, 0.1) is 5.92 Å². The third-order valence-corrected chi connectivity index (χ3v) is 3.17. The van der Waals surface area contributed by atoms with Gasteiger partial charge in [-0.2, -0.15) is 0 Å². The molecule has 0 aromatic heterocycles. The molecule has 1 fully saturated rings. The molecule has 2 unspecified atom stereocenters. The molecule has 14 heavy (non-hydrogen) atoms. The molecule has 0 aliphatic carbocycles. The van der Waals surface area contributed by atoms with Crippen molar-refractivity contribution in [2.24, 2.45) is 11.7 Å². The van der Waals surface area contributed by atoms with Crippen molar-refractivity contribution < 1.29 is 4.74 Å². The highest BCUT2D eigenvalue weighted by molar-refractivity contribution is 4.79. The summed E-state index contributed by atoms with van der Waals surface area (Å²) in [6, 6.07) is 0.707. The van der Waals surface area contributed by atoms with Crippen LogP contribution in [0.3, 0.4) is 0 Å². The smallest absolute Gasteiger partial charge is 0.0593 e. The Morgan fingerprint density at radius 1 is 1.43 bits per heavy atom. The number of nitrogens with zero attached hydrogens (tertiary/aromatic N) is 1. The molecule has 1 saturated heterocycles. The zero-order valence-electron chi connectivity index (χ0n) is 9.54. The molecular formula is C11H24N2O. The second-order valence-corrected chi connectivity index (χ2v) is 4.22. The maximum Gasteiger partial charge on any atom is 0.0593 e.